The fourth-order valence-electron chi connectivity index (χ4n) is 0.842. The van der Waals surface area contributed by atoms with Crippen molar-refractivity contribution in [1.82, 2.24) is 4.31 Å². The lowest BCUT2D eigenvalue weighted by molar-refractivity contribution is 0.453. The fourth-order valence-corrected chi connectivity index (χ4v) is 2.08. The number of sulfonamides is 1. The number of hydrogen-bond donors (Lipinski definition) is 0. The molecule has 66 valence electrons. The van der Waals surface area contributed by atoms with Crippen molar-refractivity contribution in [3.05, 3.63) is 11.5 Å². The fraction of sp³-hybridized carbons (Fsp3) is 0.714. The molecule has 0 N–H and O–H groups in total. The van der Waals surface area contributed by atoms with E-state index in [-0.39, 0.29) is 0 Å². The second kappa shape index (κ2) is 4.51. The van der Waals surface area contributed by atoms with Crippen LogP contribution in [-0.2, 0) is 10.0 Å². The SMILES string of the molecule is C/C=C\S(=O)(=O)N(CC)CC. The van der Waals surface area contributed by atoms with Crippen LogP contribution in [0.15, 0.2) is 11.5 Å². The maximum Gasteiger partial charge on any atom is 0.235 e. The van der Waals surface area contributed by atoms with Crippen molar-refractivity contribution in [3.63, 3.8) is 0 Å². The summed E-state index contributed by atoms with van der Waals surface area (Å²) in [4.78, 5) is 0. The molecule has 0 aromatic heterocycles. The Hall–Kier alpha value is -0.350. The molecule has 0 unspecified atom stereocenters. The van der Waals surface area contributed by atoms with Gasteiger partial charge in [0.25, 0.3) is 0 Å². The molecule has 0 saturated carbocycles. The minimum Gasteiger partial charge on any atom is -0.208 e. The normalized spacial score (nSPS) is 13.1. The molecule has 0 aliphatic carbocycles. The van der Waals surface area contributed by atoms with E-state index in [1.807, 2.05) is 13.8 Å². The van der Waals surface area contributed by atoms with E-state index in [1.54, 1.807) is 6.92 Å². The first-order valence-electron chi connectivity index (χ1n) is 3.71. The Balaban J connectivity index is 4.52. The van der Waals surface area contributed by atoms with Crippen molar-refractivity contribution in [2.45, 2.75) is 20.8 Å². The molecule has 0 amide bonds. The average Bonchev–Trinajstić information content (AvgIpc) is 1.89. The summed E-state index contributed by atoms with van der Waals surface area (Å²) < 4.78 is 23.9. The van der Waals surface area contributed by atoms with Crippen molar-refractivity contribution < 1.29 is 8.42 Å². The minimum atomic E-state index is -3.12. The van der Waals surface area contributed by atoms with Gasteiger partial charge >= 0.3 is 0 Å². The lowest BCUT2D eigenvalue weighted by atomic mass is 10.7. The zero-order valence-electron chi connectivity index (χ0n) is 7.24. The maximum atomic E-state index is 11.2. The second-order valence-corrected chi connectivity index (χ2v) is 3.92. The lowest BCUT2D eigenvalue weighted by Gasteiger charge is -2.14. The largest absolute Gasteiger partial charge is 0.235 e. The van der Waals surface area contributed by atoms with Crippen LogP contribution >= 0.6 is 0 Å². The smallest absolute Gasteiger partial charge is 0.208 e. The molecule has 0 bridgehead atoms. The van der Waals surface area contributed by atoms with Gasteiger partial charge in [0.1, 0.15) is 0 Å². The van der Waals surface area contributed by atoms with Crippen LogP contribution < -0.4 is 0 Å². The Morgan fingerprint density at radius 1 is 1.27 bits per heavy atom. The molecular weight excluding hydrogens is 162 g/mol. The summed E-state index contributed by atoms with van der Waals surface area (Å²) in [5.41, 5.74) is 0. The molecule has 0 aromatic carbocycles. The summed E-state index contributed by atoms with van der Waals surface area (Å²) >= 11 is 0. The first-order valence-corrected chi connectivity index (χ1v) is 5.21. The van der Waals surface area contributed by atoms with Gasteiger partial charge in [-0.2, -0.15) is 4.31 Å². The molecule has 0 aliphatic heterocycles. The third-order valence-electron chi connectivity index (χ3n) is 1.37. The summed E-state index contributed by atoms with van der Waals surface area (Å²) in [5.74, 6) is 0. The van der Waals surface area contributed by atoms with E-state index in [2.05, 4.69) is 0 Å². The average molecular weight is 177 g/mol. The van der Waals surface area contributed by atoms with E-state index in [1.165, 1.54) is 15.8 Å². The summed E-state index contributed by atoms with van der Waals surface area (Å²) in [5, 5.41) is 1.22. The van der Waals surface area contributed by atoms with Crippen LogP contribution in [0.5, 0.6) is 0 Å². The van der Waals surface area contributed by atoms with Crippen LogP contribution in [0.1, 0.15) is 20.8 Å². The van der Waals surface area contributed by atoms with Crippen LogP contribution in [0, 0.1) is 0 Å². The standard InChI is InChI=1S/C7H15NO2S/c1-4-7-11(9,10)8(5-2)6-3/h4,7H,5-6H2,1-3H3/b7-4-. The zero-order chi connectivity index (χ0) is 8.91. The number of allylic oxidation sites excluding steroid dienone is 1. The molecule has 0 aromatic rings. The molecule has 0 saturated heterocycles. The highest BCUT2D eigenvalue weighted by Gasteiger charge is 2.13. The summed E-state index contributed by atoms with van der Waals surface area (Å²) in [7, 11) is -3.12. The van der Waals surface area contributed by atoms with E-state index >= 15 is 0 Å². The maximum absolute atomic E-state index is 11.2. The van der Waals surface area contributed by atoms with Crippen molar-refractivity contribution >= 4 is 10.0 Å². The molecule has 4 heteroatoms. The Kier molecular flexibility index (Phi) is 4.37. The van der Waals surface area contributed by atoms with Crippen molar-refractivity contribution in [2.75, 3.05) is 13.1 Å². The summed E-state index contributed by atoms with van der Waals surface area (Å²) in [6, 6.07) is 0. The van der Waals surface area contributed by atoms with Gasteiger partial charge in [-0.25, -0.2) is 8.42 Å². The molecule has 0 radical (unpaired) electrons. The predicted octanol–water partition coefficient (Wildman–Crippen LogP) is 1.19. The lowest BCUT2D eigenvalue weighted by Crippen LogP contribution is -2.28. The van der Waals surface area contributed by atoms with E-state index in [0.29, 0.717) is 13.1 Å². The van der Waals surface area contributed by atoms with E-state index in [4.69, 9.17) is 0 Å². The van der Waals surface area contributed by atoms with Gasteiger partial charge in [0.15, 0.2) is 0 Å². The topological polar surface area (TPSA) is 37.4 Å². The predicted molar refractivity (Wildman–Crippen MR) is 46.7 cm³/mol. The summed E-state index contributed by atoms with van der Waals surface area (Å²) in [6.07, 6.45) is 1.54. The molecule has 0 spiro atoms. The van der Waals surface area contributed by atoms with Crippen LogP contribution in [0.25, 0.3) is 0 Å². The van der Waals surface area contributed by atoms with Crippen LogP contribution in [-0.4, -0.2) is 25.8 Å². The molecular formula is C7H15NO2S. The van der Waals surface area contributed by atoms with Gasteiger partial charge in [-0.05, 0) is 6.92 Å². The highest BCUT2D eigenvalue weighted by atomic mass is 32.2. The van der Waals surface area contributed by atoms with Crippen molar-refractivity contribution in [1.29, 1.82) is 0 Å². The minimum absolute atomic E-state index is 0.531. The van der Waals surface area contributed by atoms with Crippen LogP contribution in [0.4, 0.5) is 0 Å². The van der Waals surface area contributed by atoms with Crippen molar-refractivity contribution in [3.8, 4) is 0 Å². The highest BCUT2D eigenvalue weighted by Crippen LogP contribution is 2.01. The van der Waals surface area contributed by atoms with Gasteiger partial charge in [-0.1, -0.05) is 19.9 Å². The van der Waals surface area contributed by atoms with Gasteiger partial charge in [0.05, 0.1) is 0 Å². The van der Waals surface area contributed by atoms with Crippen LogP contribution in [0.3, 0.4) is 0 Å². The van der Waals surface area contributed by atoms with Gasteiger partial charge in [0, 0.05) is 18.5 Å². The van der Waals surface area contributed by atoms with E-state index in [9.17, 15) is 8.42 Å². The number of rotatable bonds is 4. The number of nitrogens with zero attached hydrogens (tertiary/aromatic N) is 1. The Morgan fingerprint density at radius 2 is 1.73 bits per heavy atom. The zero-order valence-corrected chi connectivity index (χ0v) is 8.06. The molecule has 0 fully saturated rings. The first kappa shape index (κ1) is 10.7. The third kappa shape index (κ3) is 3.03. The monoisotopic (exact) mass is 177 g/mol. The molecule has 0 rings (SSSR count). The molecule has 0 heterocycles. The van der Waals surface area contributed by atoms with Gasteiger partial charge in [-0.15, -0.1) is 0 Å². The summed E-state index contributed by atoms with van der Waals surface area (Å²) in [6.45, 7) is 6.41. The Labute approximate surface area is 68.8 Å². The quantitative estimate of drug-likeness (QED) is 0.647. The first-order chi connectivity index (χ1) is 5.08. The molecule has 0 aliphatic rings. The molecule has 11 heavy (non-hydrogen) atoms. The second-order valence-electron chi connectivity index (χ2n) is 2.10. The van der Waals surface area contributed by atoms with Crippen molar-refractivity contribution in [2.24, 2.45) is 0 Å². The molecule has 3 nitrogen and oxygen atoms in total. The van der Waals surface area contributed by atoms with E-state index < -0.39 is 10.0 Å². The van der Waals surface area contributed by atoms with Gasteiger partial charge < -0.3 is 0 Å². The van der Waals surface area contributed by atoms with Gasteiger partial charge in [-0.3, -0.25) is 0 Å². The Bertz CT molecular complexity index is 215. The Morgan fingerprint density at radius 3 is 2.00 bits per heavy atom. The van der Waals surface area contributed by atoms with Crippen LogP contribution in [0.2, 0.25) is 0 Å². The third-order valence-corrected chi connectivity index (χ3v) is 3.23. The number of hydrogen-bond acceptors (Lipinski definition) is 2. The highest BCUT2D eigenvalue weighted by molar-refractivity contribution is 7.92. The van der Waals surface area contributed by atoms with E-state index in [0.717, 1.165) is 0 Å². The van der Waals surface area contributed by atoms with Gasteiger partial charge in [0.2, 0.25) is 10.0 Å². The molecule has 0 atom stereocenters.